The highest BCUT2D eigenvalue weighted by atomic mass is 79.9. The fourth-order valence-corrected chi connectivity index (χ4v) is 3.91. The number of hydrogen-bond acceptors (Lipinski definition) is 2. The summed E-state index contributed by atoms with van der Waals surface area (Å²) in [5.41, 5.74) is 0.927. The van der Waals surface area contributed by atoms with Crippen LogP contribution in [0.1, 0.15) is 50.5 Å². The van der Waals surface area contributed by atoms with E-state index in [-0.39, 0.29) is 17.5 Å². The highest BCUT2D eigenvalue weighted by Gasteiger charge is 2.39. The minimum Gasteiger partial charge on any atom is -0.490 e. The Labute approximate surface area is 134 Å². The highest BCUT2D eigenvalue weighted by molar-refractivity contribution is 9.08. The molecule has 3 rings (SSSR count). The molecule has 1 aliphatic heterocycles. The quantitative estimate of drug-likeness (QED) is 0.711. The molecule has 1 unspecified atom stereocenters. The fraction of sp³-hybridized carbons (Fsp3) is 0.647. The molecule has 2 nitrogen and oxygen atoms in total. The molecular formula is C17H22BrFO2. The Hall–Kier alpha value is -0.610. The zero-order chi connectivity index (χ0) is 14.7. The van der Waals surface area contributed by atoms with Crippen molar-refractivity contribution in [3.05, 3.63) is 29.6 Å². The first-order valence-corrected chi connectivity index (χ1v) is 8.97. The van der Waals surface area contributed by atoms with Crippen LogP contribution in [0.3, 0.4) is 0 Å². The molecule has 1 aliphatic carbocycles. The van der Waals surface area contributed by atoms with E-state index in [4.69, 9.17) is 9.47 Å². The number of ether oxygens (including phenoxy) is 2. The first kappa shape index (κ1) is 15.3. The molecule has 2 fully saturated rings. The average Bonchev–Trinajstić information content (AvgIpc) is 2.47. The number of benzene rings is 1. The van der Waals surface area contributed by atoms with Crippen molar-refractivity contribution in [2.75, 3.05) is 6.61 Å². The summed E-state index contributed by atoms with van der Waals surface area (Å²) < 4.78 is 25.7. The predicted octanol–water partition coefficient (Wildman–Crippen LogP) is 4.98. The lowest BCUT2D eigenvalue weighted by atomic mass is 9.79. The van der Waals surface area contributed by atoms with Crippen LogP contribution in [-0.4, -0.2) is 18.3 Å². The van der Waals surface area contributed by atoms with E-state index in [1.54, 1.807) is 0 Å². The van der Waals surface area contributed by atoms with Crippen LogP contribution in [0.5, 0.6) is 5.75 Å². The van der Waals surface area contributed by atoms with Crippen molar-refractivity contribution < 1.29 is 13.9 Å². The van der Waals surface area contributed by atoms with Crippen LogP contribution in [0, 0.1) is 5.82 Å². The van der Waals surface area contributed by atoms with Gasteiger partial charge in [0.05, 0.1) is 12.2 Å². The average molecular weight is 357 g/mol. The molecule has 1 saturated carbocycles. The van der Waals surface area contributed by atoms with E-state index in [9.17, 15) is 4.39 Å². The smallest absolute Gasteiger partial charge is 0.127 e. The molecule has 0 aromatic heterocycles. The molecule has 4 heteroatoms. The SMILES string of the molecule is Fc1cc(CBr)cc(OC2CCOC3(CCCCC3)C2)c1. The van der Waals surface area contributed by atoms with Crippen molar-refractivity contribution >= 4 is 15.9 Å². The molecule has 1 saturated heterocycles. The summed E-state index contributed by atoms with van der Waals surface area (Å²) in [7, 11) is 0. The van der Waals surface area contributed by atoms with E-state index >= 15 is 0 Å². The summed E-state index contributed by atoms with van der Waals surface area (Å²) in [5.74, 6) is 0.406. The molecule has 1 spiro atoms. The van der Waals surface area contributed by atoms with Gasteiger partial charge >= 0.3 is 0 Å². The first-order chi connectivity index (χ1) is 10.2. The lowest BCUT2D eigenvalue weighted by Gasteiger charge is -2.43. The molecule has 0 radical (unpaired) electrons. The van der Waals surface area contributed by atoms with Crippen molar-refractivity contribution in [2.24, 2.45) is 0 Å². The van der Waals surface area contributed by atoms with Gasteiger partial charge in [-0.3, -0.25) is 0 Å². The van der Waals surface area contributed by atoms with Gasteiger partial charge in [-0.1, -0.05) is 35.2 Å². The van der Waals surface area contributed by atoms with Gasteiger partial charge in [0, 0.05) is 24.2 Å². The second kappa shape index (κ2) is 6.66. The Morgan fingerprint density at radius 2 is 2.05 bits per heavy atom. The Balaban J connectivity index is 1.68. The topological polar surface area (TPSA) is 18.5 Å². The number of alkyl halides is 1. The predicted molar refractivity (Wildman–Crippen MR) is 84.4 cm³/mol. The molecule has 21 heavy (non-hydrogen) atoms. The van der Waals surface area contributed by atoms with Crippen molar-refractivity contribution in [3.63, 3.8) is 0 Å². The highest BCUT2D eigenvalue weighted by Crippen LogP contribution is 2.39. The van der Waals surface area contributed by atoms with Crippen LogP contribution < -0.4 is 4.74 Å². The lowest BCUT2D eigenvalue weighted by molar-refractivity contribution is -0.129. The largest absolute Gasteiger partial charge is 0.490 e. The monoisotopic (exact) mass is 356 g/mol. The third kappa shape index (κ3) is 3.78. The number of halogens is 2. The van der Waals surface area contributed by atoms with Crippen LogP contribution in [0.15, 0.2) is 18.2 Å². The van der Waals surface area contributed by atoms with E-state index < -0.39 is 0 Å². The van der Waals surface area contributed by atoms with Crippen LogP contribution in [0.4, 0.5) is 4.39 Å². The summed E-state index contributed by atoms with van der Waals surface area (Å²) in [6.45, 7) is 0.755. The fourth-order valence-electron chi connectivity index (χ4n) is 3.59. The molecule has 1 aromatic rings. The molecule has 0 amide bonds. The van der Waals surface area contributed by atoms with Gasteiger partial charge < -0.3 is 9.47 Å². The molecule has 1 aromatic carbocycles. The van der Waals surface area contributed by atoms with E-state index in [0.717, 1.165) is 37.9 Å². The van der Waals surface area contributed by atoms with Crippen LogP contribution in [0.2, 0.25) is 0 Å². The Bertz CT molecular complexity index is 480. The lowest BCUT2D eigenvalue weighted by Crippen LogP contribution is -2.45. The molecule has 1 atom stereocenters. The van der Waals surface area contributed by atoms with Gasteiger partial charge in [-0.15, -0.1) is 0 Å². The van der Waals surface area contributed by atoms with Gasteiger partial charge in [0.25, 0.3) is 0 Å². The Morgan fingerprint density at radius 1 is 1.24 bits per heavy atom. The van der Waals surface area contributed by atoms with E-state index in [0.29, 0.717) is 11.1 Å². The second-order valence-electron chi connectivity index (χ2n) is 6.25. The second-order valence-corrected chi connectivity index (χ2v) is 6.81. The molecule has 0 bridgehead atoms. The standard InChI is InChI=1S/C17H22BrFO2/c18-12-13-8-14(19)10-16(9-13)21-15-4-7-20-17(11-15)5-2-1-3-6-17/h8-10,15H,1-7,11-12H2. The maximum atomic E-state index is 13.6. The van der Waals surface area contributed by atoms with Gasteiger partial charge in [0.2, 0.25) is 0 Å². The summed E-state index contributed by atoms with van der Waals surface area (Å²) in [5, 5.41) is 0.638. The molecule has 0 N–H and O–H groups in total. The van der Waals surface area contributed by atoms with Gasteiger partial charge in [-0.25, -0.2) is 4.39 Å². The van der Waals surface area contributed by atoms with Gasteiger partial charge in [0.15, 0.2) is 0 Å². The zero-order valence-electron chi connectivity index (χ0n) is 12.2. The molecule has 1 heterocycles. The van der Waals surface area contributed by atoms with Crippen molar-refractivity contribution in [1.29, 1.82) is 0 Å². The van der Waals surface area contributed by atoms with Crippen molar-refractivity contribution in [1.82, 2.24) is 0 Å². The molecule has 116 valence electrons. The van der Waals surface area contributed by atoms with Crippen molar-refractivity contribution in [3.8, 4) is 5.75 Å². The van der Waals surface area contributed by atoms with Gasteiger partial charge in [-0.2, -0.15) is 0 Å². The zero-order valence-corrected chi connectivity index (χ0v) is 13.8. The van der Waals surface area contributed by atoms with E-state index in [1.807, 2.05) is 6.07 Å². The number of rotatable bonds is 3. The maximum Gasteiger partial charge on any atom is 0.127 e. The molecular weight excluding hydrogens is 335 g/mol. The number of hydrogen-bond donors (Lipinski definition) is 0. The maximum absolute atomic E-state index is 13.6. The van der Waals surface area contributed by atoms with E-state index in [1.165, 1.54) is 31.4 Å². The Kier molecular flexibility index (Phi) is 4.85. The summed E-state index contributed by atoms with van der Waals surface area (Å²) >= 11 is 3.37. The van der Waals surface area contributed by atoms with Crippen LogP contribution in [-0.2, 0) is 10.1 Å². The van der Waals surface area contributed by atoms with Gasteiger partial charge in [0.1, 0.15) is 17.7 Å². The van der Waals surface area contributed by atoms with E-state index in [2.05, 4.69) is 15.9 Å². The normalized spacial score (nSPS) is 25.0. The minimum atomic E-state index is -0.235. The Morgan fingerprint density at radius 3 is 2.81 bits per heavy atom. The summed E-state index contributed by atoms with van der Waals surface area (Å²) in [4.78, 5) is 0. The third-order valence-electron chi connectivity index (χ3n) is 4.60. The third-order valence-corrected chi connectivity index (χ3v) is 5.25. The molecule has 2 aliphatic rings. The van der Waals surface area contributed by atoms with Crippen molar-refractivity contribution in [2.45, 2.75) is 62.0 Å². The summed E-state index contributed by atoms with van der Waals surface area (Å²) in [6, 6.07) is 4.93. The van der Waals surface area contributed by atoms with Gasteiger partial charge in [-0.05, 0) is 30.5 Å². The van der Waals surface area contributed by atoms with Crippen LogP contribution >= 0.6 is 15.9 Å². The summed E-state index contributed by atoms with van der Waals surface area (Å²) in [6.07, 6.45) is 8.07. The van der Waals surface area contributed by atoms with Crippen LogP contribution in [0.25, 0.3) is 0 Å². The first-order valence-electron chi connectivity index (χ1n) is 7.85. The minimum absolute atomic E-state index is 0.0206.